The SMILES string of the molecule is CC(C)(C#N)N1CCN(Cc2ccccn2)CC1. The number of aromatic nitrogens is 1. The van der Waals surface area contributed by atoms with Gasteiger partial charge in [0, 0.05) is 38.9 Å². The van der Waals surface area contributed by atoms with Crippen molar-refractivity contribution in [3.63, 3.8) is 0 Å². The van der Waals surface area contributed by atoms with Gasteiger partial charge in [-0.1, -0.05) is 6.07 Å². The van der Waals surface area contributed by atoms with Crippen LogP contribution < -0.4 is 0 Å². The summed E-state index contributed by atoms with van der Waals surface area (Å²) in [6.45, 7) is 8.79. The number of hydrogen-bond donors (Lipinski definition) is 0. The Morgan fingerprint density at radius 3 is 2.56 bits per heavy atom. The van der Waals surface area contributed by atoms with Gasteiger partial charge in [0.1, 0.15) is 5.54 Å². The second-order valence-electron chi connectivity index (χ2n) is 5.26. The Morgan fingerprint density at radius 2 is 2.00 bits per heavy atom. The fraction of sp³-hybridized carbons (Fsp3) is 0.571. The summed E-state index contributed by atoms with van der Waals surface area (Å²) in [5.41, 5.74) is 0.766. The summed E-state index contributed by atoms with van der Waals surface area (Å²) in [6.07, 6.45) is 1.84. The molecule has 0 bridgehead atoms. The highest BCUT2D eigenvalue weighted by molar-refractivity contribution is 5.05. The second-order valence-corrected chi connectivity index (χ2v) is 5.26. The average molecular weight is 244 g/mol. The second kappa shape index (κ2) is 5.47. The molecule has 0 N–H and O–H groups in total. The Morgan fingerprint density at radius 1 is 1.28 bits per heavy atom. The van der Waals surface area contributed by atoms with E-state index in [0.29, 0.717) is 0 Å². The van der Waals surface area contributed by atoms with E-state index >= 15 is 0 Å². The molecule has 1 fully saturated rings. The molecule has 1 aromatic rings. The van der Waals surface area contributed by atoms with Crippen molar-refractivity contribution in [1.82, 2.24) is 14.8 Å². The molecular weight excluding hydrogens is 224 g/mol. The standard InChI is InChI=1S/C14H20N4/c1-14(2,12-15)18-9-7-17(8-10-18)11-13-5-3-4-6-16-13/h3-6H,7-11H2,1-2H3. The van der Waals surface area contributed by atoms with Crippen molar-refractivity contribution in [2.24, 2.45) is 0 Å². The Labute approximate surface area is 109 Å². The summed E-state index contributed by atoms with van der Waals surface area (Å²) in [6, 6.07) is 8.40. The Bertz CT molecular complexity index is 413. The lowest BCUT2D eigenvalue weighted by atomic mass is 10.0. The zero-order chi connectivity index (χ0) is 13.0. The molecule has 1 aliphatic rings. The van der Waals surface area contributed by atoms with E-state index in [1.165, 1.54) is 0 Å². The van der Waals surface area contributed by atoms with Gasteiger partial charge < -0.3 is 0 Å². The summed E-state index contributed by atoms with van der Waals surface area (Å²) in [4.78, 5) is 9.00. The van der Waals surface area contributed by atoms with Gasteiger partial charge in [-0.15, -0.1) is 0 Å². The molecule has 0 unspecified atom stereocenters. The van der Waals surface area contributed by atoms with Crippen LogP contribution >= 0.6 is 0 Å². The lowest BCUT2D eigenvalue weighted by molar-refractivity contribution is 0.0758. The van der Waals surface area contributed by atoms with Crippen LogP contribution in [-0.4, -0.2) is 46.5 Å². The normalized spacial score (nSPS) is 18.5. The molecular formula is C14H20N4. The third-order valence-corrected chi connectivity index (χ3v) is 3.55. The van der Waals surface area contributed by atoms with Crippen LogP contribution in [0.4, 0.5) is 0 Å². The molecule has 0 aliphatic carbocycles. The fourth-order valence-electron chi connectivity index (χ4n) is 2.26. The number of rotatable bonds is 3. The molecule has 0 radical (unpaired) electrons. The molecule has 0 spiro atoms. The first-order chi connectivity index (χ1) is 8.62. The molecule has 4 nitrogen and oxygen atoms in total. The predicted octanol–water partition coefficient (Wildman–Crippen LogP) is 1.50. The number of nitrogens with zero attached hydrogens (tertiary/aromatic N) is 4. The molecule has 0 atom stereocenters. The Hall–Kier alpha value is -1.44. The van der Waals surface area contributed by atoms with Crippen LogP contribution in [-0.2, 0) is 6.54 Å². The first-order valence-electron chi connectivity index (χ1n) is 6.40. The Kier molecular flexibility index (Phi) is 3.95. The highest BCUT2D eigenvalue weighted by Crippen LogP contribution is 2.16. The summed E-state index contributed by atoms with van der Waals surface area (Å²) in [5, 5.41) is 9.13. The van der Waals surface area contributed by atoms with Crippen molar-refractivity contribution in [2.75, 3.05) is 26.2 Å². The van der Waals surface area contributed by atoms with Crippen LogP contribution in [0, 0.1) is 11.3 Å². The minimum Gasteiger partial charge on any atom is -0.295 e. The topological polar surface area (TPSA) is 43.2 Å². The maximum Gasteiger partial charge on any atom is 0.103 e. The van der Waals surface area contributed by atoms with Crippen molar-refractivity contribution >= 4 is 0 Å². The zero-order valence-electron chi connectivity index (χ0n) is 11.1. The largest absolute Gasteiger partial charge is 0.295 e. The fourth-order valence-corrected chi connectivity index (χ4v) is 2.26. The highest BCUT2D eigenvalue weighted by atomic mass is 15.3. The van der Waals surface area contributed by atoms with Gasteiger partial charge in [0.25, 0.3) is 0 Å². The van der Waals surface area contributed by atoms with Crippen LogP contribution in [0.15, 0.2) is 24.4 Å². The third kappa shape index (κ3) is 3.06. The van der Waals surface area contributed by atoms with Crippen LogP contribution in [0.5, 0.6) is 0 Å². The monoisotopic (exact) mass is 244 g/mol. The van der Waals surface area contributed by atoms with Crippen molar-refractivity contribution in [3.05, 3.63) is 30.1 Å². The molecule has 18 heavy (non-hydrogen) atoms. The molecule has 1 aliphatic heterocycles. The van der Waals surface area contributed by atoms with Crippen LogP contribution in [0.25, 0.3) is 0 Å². The number of nitriles is 1. The van der Waals surface area contributed by atoms with E-state index < -0.39 is 0 Å². The van der Waals surface area contributed by atoms with E-state index in [-0.39, 0.29) is 5.54 Å². The van der Waals surface area contributed by atoms with E-state index in [1.807, 2.05) is 32.2 Å². The van der Waals surface area contributed by atoms with E-state index in [9.17, 15) is 0 Å². The molecule has 2 rings (SSSR count). The lowest BCUT2D eigenvalue weighted by Crippen LogP contribution is -2.53. The van der Waals surface area contributed by atoms with Crippen molar-refractivity contribution in [1.29, 1.82) is 5.26 Å². The minimum atomic E-state index is -0.350. The smallest absolute Gasteiger partial charge is 0.103 e. The van der Waals surface area contributed by atoms with Crippen molar-refractivity contribution in [3.8, 4) is 6.07 Å². The van der Waals surface area contributed by atoms with E-state index in [4.69, 9.17) is 5.26 Å². The van der Waals surface area contributed by atoms with Gasteiger partial charge in [0.05, 0.1) is 11.8 Å². The molecule has 1 aromatic heterocycles. The molecule has 2 heterocycles. The van der Waals surface area contributed by atoms with Gasteiger partial charge in [0.2, 0.25) is 0 Å². The van der Waals surface area contributed by atoms with Gasteiger partial charge in [0.15, 0.2) is 0 Å². The maximum absolute atomic E-state index is 9.13. The molecule has 0 aromatic carbocycles. The summed E-state index contributed by atoms with van der Waals surface area (Å²) < 4.78 is 0. The number of piperazine rings is 1. The van der Waals surface area contributed by atoms with Gasteiger partial charge in [-0.2, -0.15) is 5.26 Å². The van der Waals surface area contributed by atoms with E-state index in [1.54, 1.807) is 0 Å². The van der Waals surface area contributed by atoms with Gasteiger partial charge in [-0.3, -0.25) is 14.8 Å². The maximum atomic E-state index is 9.13. The van der Waals surface area contributed by atoms with Crippen LogP contribution in [0.1, 0.15) is 19.5 Å². The Balaban J connectivity index is 1.86. The molecule has 96 valence electrons. The number of hydrogen-bond acceptors (Lipinski definition) is 4. The molecule has 0 saturated carbocycles. The molecule has 4 heteroatoms. The van der Waals surface area contributed by atoms with Gasteiger partial charge in [-0.05, 0) is 26.0 Å². The van der Waals surface area contributed by atoms with Gasteiger partial charge >= 0.3 is 0 Å². The highest BCUT2D eigenvalue weighted by Gasteiger charge is 2.29. The van der Waals surface area contributed by atoms with Crippen molar-refractivity contribution < 1.29 is 0 Å². The minimum absolute atomic E-state index is 0.350. The summed E-state index contributed by atoms with van der Waals surface area (Å²) in [7, 11) is 0. The third-order valence-electron chi connectivity index (χ3n) is 3.55. The molecule has 1 saturated heterocycles. The van der Waals surface area contributed by atoms with Crippen molar-refractivity contribution in [2.45, 2.75) is 25.9 Å². The molecule has 0 amide bonds. The lowest BCUT2D eigenvalue weighted by Gasteiger charge is -2.40. The summed E-state index contributed by atoms with van der Waals surface area (Å²) in [5.74, 6) is 0. The summed E-state index contributed by atoms with van der Waals surface area (Å²) >= 11 is 0. The van der Waals surface area contributed by atoms with Crippen LogP contribution in [0.3, 0.4) is 0 Å². The first-order valence-corrected chi connectivity index (χ1v) is 6.40. The van der Waals surface area contributed by atoms with Crippen LogP contribution in [0.2, 0.25) is 0 Å². The quantitative estimate of drug-likeness (QED) is 0.808. The first kappa shape index (κ1) is 13.0. The van der Waals surface area contributed by atoms with E-state index in [0.717, 1.165) is 38.4 Å². The number of pyridine rings is 1. The predicted molar refractivity (Wildman–Crippen MR) is 70.8 cm³/mol. The average Bonchev–Trinajstić information content (AvgIpc) is 2.40. The zero-order valence-corrected chi connectivity index (χ0v) is 11.1. The van der Waals surface area contributed by atoms with E-state index in [2.05, 4.69) is 26.9 Å². The van der Waals surface area contributed by atoms with Gasteiger partial charge in [-0.25, -0.2) is 0 Å².